The van der Waals surface area contributed by atoms with E-state index < -0.39 is 17.9 Å². The van der Waals surface area contributed by atoms with E-state index in [-0.39, 0.29) is 16.6 Å². The van der Waals surface area contributed by atoms with Crippen molar-refractivity contribution in [2.24, 2.45) is 0 Å². The molecule has 0 aliphatic rings. The first-order valence-electron chi connectivity index (χ1n) is 7.26. The van der Waals surface area contributed by atoms with Gasteiger partial charge in [-0.3, -0.25) is 9.89 Å². The van der Waals surface area contributed by atoms with Crippen LogP contribution in [-0.4, -0.2) is 34.3 Å². The smallest absolute Gasteiger partial charge is 0.330 e. The molecule has 128 valence electrons. The van der Waals surface area contributed by atoms with E-state index in [1.54, 1.807) is 12.1 Å². The SMILES string of the molecule is COc1ccc(C(NC(=O)c2cc(C(C)C)[nH]n2)C(=O)O)cc1Cl. The first-order chi connectivity index (χ1) is 11.3. The van der Waals surface area contributed by atoms with E-state index >= 15 is 0 Å². The lowest BCUT2D eigenvalue weighted by Gasteiger charge is -2.15. The summed E-state index contributed by atoms with van der Waals surface area (Å²) in [5.74, 6) is -1.19. The quantitative estimate of drug-likeness (QED) is 0.742. The van der Waals surface area contributed by atoms with Gasteiger partial charge >= 0.3 is 5.97 Å². The molecule has 1 atom stereocenters. The fourth-order valence-corrected chi connectivity index (χ4v) is 2.37. The summed E-state index contributed by atoms with van der Waals surface area (Å²) >= 11 is 6.02. The van der Waals surface area contributed by atoms with Gasteiger partial charge in [0.25, 0.3) is 5.91 Å². The molecule has 2 aromatic rings. The number of nitrogens with zero attached hydrogens (tertiary/aromatic N) is 1. The van der Waals surface area contributed by atoms with Gasteiger partial charge in [-0.05, 0) is 29.7 Å². The Balaban J connectivity index is 2.23. The molecule has 1 aromatic carbocycles. The van der Waals surface area contributed by atoms with Gasteiger partial charge in [-0.2, -0.15) is 5.10 Å². The fourth-order valence-electron chi connectivity index (χ4n) is 2.10. The molecule has 24 heavy (non-hydrogen) atoms. The number of aromatic nitrogens is 2. The van der Waals surface area contributed by atoms with Crippen LogP contribution in [0.4, 0.5) is 0 Å². The second kappa shape index (κ2) is 7.35. The molecule has 0 radical (unpaired) electrons. The number of carboxylic acids is 1. The Bertz CT molecular complexity index is 758. The van der Waals surface area contributed by atoms with Crippen LogP contribution in [-0.2, 0) is 4.79 Å². The van der Waals surface area contributed by atoms with Gasteiger partial charge in [0.05, 0.1) is 12.1 Å². The highest BCUT2D eigenvalue weighted by Crippen LogP contribution is 2.28. The highest BCUT2D eigenvalue weighted by atomic mass is 35.5. The molecule has 0 spiro atoms. The lowest BCUT2D eigenvalue weighted by Crippen LogP contribution is -2.34. The first kappa shape index (κ1) is 17.8. The van der Waals surface area contributed by atoms with Crippen LogP contribution >= 0.6 is 11.6 Å². The van der Waals surface area contributed by atoms with Crippen LogP contribution in [0.1, 0.15) is 47.6 Å². The zero-order chi connectivity index (χ0) is 17.9. The Hall–Kier alpha value is -2.54. The number of ether oxygens (including phenoxy) is 1. The average molecular weight is 352 g/mol. The van der Waals surface area contributed by atoms with Gasteiger partial charge in [0.15, 0.2) is 6.04 Å². The van der Waals surface area contributed by atoms with Gasteiger partial charge in [0, 0.05) is 5.69 Å². The van der Waals surface area contributed by atoms with Crippen LogP contribution < -0.4 is 10.1 Å². The van der Waals surface area contributed by atoms with E-state index in [1.165, 1.54) is 19.2 Å². The molecule has 0 aliphatic carbocycles. The Morgan fingerprint density at radius 2 is 2.04 bits per heavy atom. The summed E-state index contributed by atoms with van der Waals surface area (Å²) in [6.07, 6.45) is 0. The predicted octanol–water partition coefficient (Wildman–Crippen LogP) is 2.75. The molecule has 3 N–H and O–H groups in total. The summed E-state index contributed by atoms with van der Waals surface area (Å²) in [7, 11) is 1.46. The second-order valence-corrected chi connectivity index (χ2v) is 5.91. The van der Waals surface area contributed by atoms with Gasteiger partial charge < -0.3 is 15.2 Å². The molecule has 0 saturated heterocycles. The topological polar surface area (TPSA) is 104 Å². The molecule has 1 heterocycles. The highest BCUT2D eigenvalue weighted by molar-refractivity contribution is 6.32. The molecule has 0 bridgehead atoms. The van der Waals surface area contributed by atoms with Gasteiger partial charge in [-0.15, -0.1) is 0 Å². The zero-order valence-corrected chi connectivity index (χ0v) is 14.2. The van der Waals surface area contributed by atoms with Gasteiger partial charge in [-0.1, -0.05) is 31.5 Å². The van der Waals surface area contributed by atoms with Crippen molar-refractivity contribution in [2.45, 2.75) is 25.8 Å². The summed E-state index contributed by atoms with van der Waals surface area (Å²) in [6.45, 7) is 3.91. The van der Waals surface area contributed by atoms with E-state index in [2.05, 4.69) is 15.5 Å². The zero-order valence-electron chi connectivity index (χ0n) is 13.5. The molecular weight excluding hydrogens is 334 g/mol. The number of H-pyrrole nitrogens is 1. The number of aromatic amines is 1. The number of carboxylic acid groups (broad SMARTS) is 1. The van der Waals surface area contributed by atoms with Crippen molar-refractivity contribution in [3.05, 3.63) is 46.2 Å². The van der Waals surface area contributed by atoms with Crippen molar-refractivity contribution in [1.82, 2.24) is 15.5 Å². The number of carbonyl (C=O) groups is 2. The van der Waals surface area contributed by atoms with Crippen molar-refractivity contribution in [3.63, 3.8) is 0 Å². The minimum absolute atomic E-state index is 0.129. The van der Waals surface area contributed by atoms with Crippen LogP contribution in [0.15, 0.2) is 24.3 Å². The molecule has 7 nitrogen and oxygen atoms in total. The van der Waals surface area contributed by atoms with Crippen LogP contribution in [0, 0.1) is 0 Å². The molecule has 0 saturated carbocycles. The number of methoxy groups -OCH3 is 1. The Kier molecular flexibility index (Phi) is 5.46. The third-order valence-corrected chi connectivity index (χ3v) is 3.78. The molecule has 1 unspecified atom stereocenters. The van der Waals surface area contributed by atoms with Crippen molar-refractivity contribution in [3.8, 4) is 5.75 Å². The number of benzene rings is 1. The monoisotopic (exact) mass is 351 g/mol. The maximum absolute atomic E-state index is 12.3. The second-order valence-electron chi connectivity index (χ2n) is 5.50. The van der Waals surface area contributed by atoms with E-state index in [0.29, 0.717) is 11.3 Å². The molecule has 2 rings (SSSR count). The number of nitrogens with one attached hydrogen (secondary N) is 2. The molecule has 1 amide bonds. The molecule has 0 fully saturated rings. The minimum Gasteiger partial charge on any atom is -0.495 e. The number of hydrogen-bond donors (Lipinski definition) is 3. The third kappa shape index (κ3) is 3.86. The van der Waals surface area contributed by atoms with Crippen molar-refractivity contribution in [1.29, 1.82) is 0 Å². The molecule has 0 aliphatic heterocycles. The van der Waals surface area contributed by atoms with E-state index in [4.69, 9.17) is 16.3 Å². The predicted molar refractivity (Wildman–Crippen MR) is 88.5 cm³/mol. The average Bonchev–Trinajstić information content (AvgIpc) is 3.02. The summed E-state index contributed by atoms with van der Waals surface area (Å²) in [4.78, 5) is 23.8. The van der Waals surface area contributed by atoms with E-state index in [1.807, 2.05) is 13.8 Å². The lowest BCUT2D eigenvalue weighted by atomic mass is 10.1. The molecule has 1 aromatic heterocycles. The van der Waals surface area contributed by atoms with E-state index in [9.17, 15) is 14.7 Å². The fraction of sp³-hybridized carbons (Fsp3) is 0.312. The highest BCUT2D eigenvalue weighted by Gasteiger charge is 2.25. The summed E-state index contributed by atoms with van der Waals surface area (Å²) in [5, 5.41) is 18.8. The number of amides is 1. The van der Waals surface area contributed by atoms with Crippen LogP contribution in [0.2, 0.25) is 5.02 Å². The summed E-state index contributed by atoms with van der Waals surface area (Å²) in [6, 6.07) is 4.88. The maximum atomic E-state index is 12.3. The van der Waals surface area contributed by atoms with Gasteiger partial charge in [-0.25, -0.2) is 4.79 Å². The largest absolute Gasteiger partial charge is 0.495 e. The van der Waals surface area contributed by atoms with Crippen LogP contribution in [0.5, 0.6) is 5.75 Å². The van der Waals surface area contributed by atoms with Crippen LogP contribution in [0.3, 0.4) is 0 Å². The van der Waals surface area contributed by atoms with Crippen LogP contribution in [0.25, 0.3) is 0 Å². The van der Waals surface area contributed by atoms with Crippen molar-refractivity contribution < 1.29 is 19.4 Å². The Morgan fingerprint density at radius 1 is 1.33 bits per heavy atom. The number of aliphatic carboxylic acids is 1. The minimum atomic E-state index is -1.25. The Labute approximate surface area is 144 Å². The van der Waals surface area contributed by atoms with Crippen molar-refractivity contribution >= 4 is 23.5 Å². The van der Waals surface area contributed by atoms with Gasteiger partial charge in [0.2, 0.25) is 0 Å². The standard InChI is InChI=1S/C16H18ClN3O4/c1-8(2)11-7-12(20-19-11)15(21)18-14(16(22)23)9-4-5-13(24-3)10(17)6-9/h4-8,14H,1-3H3,(H,18,21)(H,19,20)(H,22,23). The summed E-state index contributed by atoms with van der Waals surface area (Å²) in [5.41, 5.74) is 1.25. The first-order valence-corrected chi connectivity index (χ1v) is 7.63. The number of halogens is 1. The molecular formula is C16H18ClN3O4. The maximum Gasteiger partial charge on any atom is 0.330 e. The molecule has 8 heteroatoms. The lowest BCUT2D eigenvalue weighted by molar-refractivity contribution is -0.139. The van der Waals surface area contributed by atoms with E-state index in [0.717, 1.165) is 5.69 Å². The number of hydrogen-bond acceptors (Lipinski definition) is 4. The Morgan fingerprint density at radius 3 is 2.54 bits per heavy atom. The summed E-state index contributed by atoms with van der Waals surface area (Å²) < 4.78 is 5.03. The normalized spacial score (nSPS) is 12.0. The van der Waals surface area contributed by atoms with Crippen molar-refractivity contribution in [2.75, 3.05) is 7.11 Å². The number of carbonyl (C=O) groups excluding carboxylic acids is 1. The van der Waals surface area contributed by atoms with Gasteiger partial charge in [0.1, 0.15) is 11.4 Å². The number of rotatable bonds is 6. The third-order valence-electron chi connectivity index (χ3n) is 3.48.